The van der Waals surface area contributed by atoms with Gasteiger partial charge in [0.15, 0.2) is 0 Å². The van der Waals surface area contributed by atoms with E-state index in [9.17, 15) is 8.42 Å². The van der Waals surface area contributed by atoms with Crippen LogP contribution in [0.1, 0.15) is 39.0 Å². The van der Waals surface area contributed by atoms with Crippen molar-refractivity contribution < 1.29 is 8.42 Å². The van der Waals surface area contributed by atoms with E-state index in [0.29, 0.717) is 11.7 Å². The van der Waals surface area contributed by atoms with Gasteiger partial charge < -0.3 is 5.32 Å². The van der Waals surface area contributed by atoms with Gasteiger partial charge in [0.2, 0.25) is 10.0 Å². The molecule has 18 heavy (non-hydrogen) atoms. The molecule has 0 aromatic heterocycles. The number of sulfonamides is 1. The fourth-order valence-corrected chi connectivity index (χ4v) is 4.77. The fraction of sp³-hybridized carbons (Fsp3) is 1.00. The van der Waals surface area contributed by atoms with E-state index in [0.717, 1.165) is 32.4 Å². The second kappa shape index (κ2) is 8.40. The smallest absolute Gasteiger partial charge is 0.211 e. The Hall–Kier alpha value is 0.220. The van der Waals surface area contributed by atoms with Gasteiger partial charge in [-0.2, -0.15) is 11.8 Å². The summed E-state index contributed by atoms with van der Waals surface area (Å²) in [5.41, 5.74) is 0. The lowest BCUT2D eigenvalue weighted by molar-refractivity contribution is 0.423. The maximum atomic E-state index is 12.0. The highest BCUT2D eigenvalue weighted by atomic mass is 32.2. The zero-order valence-corrected chi connectivity index (χ0v) is 13.1. The second-order valence-corrected chi connectivity index (χ2v) is 7.76. The Bertz CT molecular complexity index is 320. The van der Waals surface area contributed by atoms with E-state index in [1.54, 1.807) is 11.8 Å². The number of nitrogens with one attached hydrogen (secondary N) is 2. The van der Waals surface area contributed by atoms with E-state index in [2.05, 4.69) is 16.3 Å². The van der Waals surface area contributed by atoms with Crippen molar-refractivity contribution in [2.75, 3.05) is 25.1 Å². The SMILES string of the molecule is CCNCCCS(=O)(=O)NC1CCCCC1SC. The van der Waals surface area contributed by atoms with Crippen LogP contribution in [0.3, 0.4) is 0 Å². The molecule has 0 spiro atoms. The molecule has 1 aliphatic carbocycles. The lowest BCUT2D eigenvalue weighted by atomic mass is 9.96. The summed E-state index contributed by atoms with van der Waals surface area (Å²) in [5, 5.41) is 3.59. The first-order valence-corrected chi connectivity index (χ1v) is 9.76. The predicted octanol–water partition coefficient (Wildman–Crippen LogP) is 1.58. The quantitative estimate of drug-likeness (QED) is 0.667. The molecule has 0 radical (unpaired) electrons. The summed E-state index contributed by atoms with van der Waals surface area (Å²) in [5.74, 6) is 0.234. The summed E-state index contributed by atoms with van der Waals surface area (Å²) in [4.78, 5) is 0. The molecule has 1 rings (SSSR count). The van der Waals surface area contributed by atoms with Crippen LogP contribution in [0, 0.1) is 0 Å². The number of hydrogen-bond acceptors (Lipinski definition) is 4. The van der Waals surface area contributed by atoms with Crippen molar-refractivity contribution in [3.63, 3.8) is 0 Å². The average molecular weight is 294 g/mol. The molecule has 108 valence electrons. The van der Waals surface area contributed by atoms with Gasteiger partial charge in [0, 0.05) is 11.3 Å². The van der Waals surface area contributed by atoms with Gasteiger partial charge >= 0.3 is 0 Å². The minimum absolute atomic E-state index is 0.137. The summed E-state index contributed by atoms with van der Waals surface area (Å²) >= 11 is 1.79. The van der Waals surface area contributed by atoms with Crippen LogP contribution >= 0.6 is 11.8 Å². The van der Waals surface area contributed by atoms with E-state index < -0.39 is 10.0 Å². The standard InChI is InChI=1S/C12H26N2O2S2/c1-3-13-9-6-10-18(15,16)14-11-7-4-5-8-12(11)17-2/h11-14H,3-10H2,1-2H3. The van der Waals surface area contributed by atoms with Crippen LogP contribution in [-0.2, 0) is 10.0 Å². The van der Waals surface area contributed by atoms with Gasteiger partial charge in [0.1, 0.15) is 0 Å². The van der Waals surface area contributed by atoms with Gasteiger partial charge in [-0.3, -0.25) is 0 Å². The van der Waals surface area contributed by atoms with Crippen molar-refractivity contribution in [2.45, 2.75) is 50.3 Å². The third-order valence-electron chi connectivity index (χ3n) is 3.35. The molecule has 0 aliphatic heterocycles. The Morgan fingerprint density at radius 2 is 2.00 bits per heavy atom. The molecule has 0 bridgehead atoms. The largest absolute Gasteiger partial charge is 0.317 e. The Balaban J connectivity index is 2.38. The lowest BCUT2D eigenvalue weighted by Crippen LogP contribution is -2.44. The van der Waals surface area contributed by atoms with Crippen LogP contribution < -0.4 is 10.0 Å². The van der Waals surface area contributed by atoms with Gasteiger partial charge in [0.25, 0.3) is 0 Å². The molecule has 0 heterocycles. The fourth-order valence-electron chi connectivity index (χ4n) is 2.37. The van der Waals surface area contributed by atoms with E-state index in [-0.39, 0.29) is 11.8 Å². The number of thioether (sulfide) groups is 1. The van der Waals surface area contributed by atoms with Crippen molar-refractivity contribution in [2.24, 2.45) is 0 Å². The van der Waals surface area contributed by atoms with Crippen molar-refractivity contribution in [3.05, 3.63) is 0 Å². The predicted molar refractivity (Wildman–Crippen MR) is 79.6 cm³/mol. The summed E-state index contributed by atoms with van der Waals surface area (Å²) in [7, 11) is -3.11. The molecule has 4 nitrogen and oxygen atoms in total. The third-order valence-corrected chi connectivity index (χ3v) is 6.01. The highest BCUT2D eigenvalue weighted by Crippen LogP contribution is 2.27. The monoisotopic (exact) mass is 294 g/mol. The van der Waals surface area contributed by atoms with Crippen molar-refractivity contribution in [1.82, 2.24) is 10.0 Å². The highest BCUT2D eigenvalue weighted by Gasteiger charge is 2.27. The van der Waals surface area contributed by atoms with Gasteiger partial charge in [-0.15, -0.1) is 0 Å². The van der Waals surface area contributed by atoms with Crippen LogP contribution in [0.5, 0.6) is 0 Å². The topological polar surface area (TPSA) is 58.2 Å². The molecular weight excluding hydrogens is 268 g/mol. The molecule has 2 N–H and O–H groups in total. The summed E-state index contributed by atoms with van der Waals surface area (Å²) in [6.07, 6.45) is 7.23. The van der Waals surface area contributed by atoms with E-state index in [1.165, 1.54) is 6.42 Å². The first-order chi connectivity index (χ1) is 8.59. The maximum absolute atomic E-state index is 12.0. The summed E-state index contributed by atoms with van der Waals surface area (Å²) in [6.45, 7) is 3.69. The Kier molecular flexibility index (Phi) is 7.60. The zero-order valence-electron chi connectivity index (χ0n) is 11.4. The van der Waals surface area contributed by atoms with E-state index in [1.807, 2.05) is 6.92 Å². The van der Waals surface area contributed by atoms with Gasteiger partial charge in [-0.25, -0.2) is 13.1 Å². The molecule has 1 saturated carbocycles. The minimum atomic E-state index is -3.11. The molecule has 1 fully saturated rings. The third kappa shape index (κ3) is 5.91. The van der Waals surface area contributed by atoms with Crippen LogP contribution in [0.4, 0.5) is 0 Å². The van der Waals surface area contributed by atoms with Crippen molar-refractivity contribution in [3.8, 4) is 0 Å². The first-order valence-electron chi connectivity index (χ1n) is 6.82. The Morgan fingerprint density at radius 1 is 1.28 bits per heavy atom. The van der Waals surface area contributed by atoms with Crippen LogP contribution in [0.15, 0.2) is 0 Å². The normalized spacial score (nSPS) is 25.2. The Labute approximate surface area is 116 Å². The maximum Gasteiger partial charge on any atom is 0.211 e. The molecule has 6 heteroatoms. The first kappa shape index (κ1) is 16.3. The summed E-state index contributed by atoms with van der Waals surface area (Å²) < 4.78 is 26.8. The number of rotatable bonds is 8. The molecule has 0 aromatic carbocycles. The molecule has 0 aromatic rings. The molecule has 0 saturated heterocycles. The molecule has 0 amide bonds. The Morgan fingerprint density at radius 3 is 2.67 bits per heavy atom. The molecule has 1 aliphatic rings. The summed E-state index contributed by atoms with van der Waals surface area (Å²) in [6, 6.07) is 0.137. The number of hydrogen-bond donors (Lipinski definition) is 2. The van der Waals surface area contributed by atoms with E-state index >= 15 is 0 Å². The lowest BCUT2D eigenvalue weighted by Gasteiger charge is -2.30. The van der Waals surface area contributed by atoms with Crippen LogP contribution in [0.25, 0.3) is 0 Å². The minimum Gasteiger partial charge on any atom is -0.317 e. The van der Waals surface area contributed by atoms with E-state index in [4.69, 9.17) is 0 Å². The van der Waals surface area contributed by atoms with Crippen molar-refractivity contribution in [1.29, 1.82) is 0 Å². The average Bonchev–Trinajstić information content (AvgIpc) is 2.35. The molecule has 2 atom stereocenters. The van der Waals surface area contributed by atoms with Crippen molar-refractivity contribution >= 4 is 21.8 Å². The van der Waals surface area contributed by atoms with Crippen LogP contribution in [0.2, 0.25) is 0 Å². The molecular formula is C12H26N2O2S2. The van der Waals surface area contributed by atoms with Gasteiger partial charge in [-0.1, -0.05) is 19.8 Å². The highest BCUT2D eigenvalue weighted by molar-refractivity contribution is 7.99. The zero-order chi connectivity index (χ0) is 13.4. The molecule has 2 unspecified atom stereocenters. The van der Waals surface area contributed by atoms with Gasteiger partial charge in [0.05, 0.1) is 5.75 Å². The second-order valence-electron chi connectivity index (χ2n) is 4.81. The van der Waals surface area contributed by atoms with Crippen LogP contribution in [-0.4, -0.2) is 44.8 Å². The van der Waals surface area contributed by atoms with Gasteiger partial charge in [-0.05, 0) is 38.6 Å².